The molecule has 3 fully saturated rings. The molecular weight excluding hydrogens is 424 g/mol. The summed E-state index contributed by atoms with van der Waals surface area (Å²) in [4.78, 5) is 25.1. The maximum Gasteiger partial charge on any atom is 0.260 e. The molecule has 3 heterocycles. The lowest BCUT2D eigenvalue weighted by Crippen LogP contribution is -2.29. The van der Waals surface area contributed by atoms with Gasteiger partial charge in [-0.1, -0.05) is 29.8 Å². The average Bonchev–Trinajstić information content (AvgIpc) is 3.70. The van der Waals surface area contributed by atoms with Crippen LogP contribution in [0.1, 0.15) is 25.3 Å². The van der Waals surface area contributed by atoms with Crippen molar-refractivity contribution < 1.29 is 0 Å². The highest BCUT2D eigenvalue weighted by atomic mass is 35.5. The highest BCUT2D eigenvalue weighted by Crippen LogP contribution is 2.47. The Kier molecular flexibility index (Phi) is 4.67. The number of nitrogens with one attached hydrogen (secondary N) is 1. The Bertz CT molecular complexity index is 1300. The van der Waals surface area contributed by atoms with E-state index in [1.807, 2.05) is 28.8 Å². The molecule has 1 aliphatic heterocycles. The van der Waals surface area contributed by atoms with E-state index in [2.05, 4.69) is 21.3 Å². The molecule has 2 aliphatic carbocycles. The van der Waals surface area contributed by atoms with E-state index >= 15 is 0 Å². The van der Waals surface area contributed by atoms with Gasteiger partial charge in [0.05, 0.1) is 6.07 Å². The van der Waals surface area contributed by atoms with Crippen LogP contribution < -0.4 is 10.9 Å². The third kappa shape index (κ3) is 3.35. The summed E-state index contributed by atoms with van der Waals surface area (Å²) in [6.07, 6.45) is 4.36. The van der Waals surface area contributed by atoms with Crippen LogP contribution in [0.2, 0.25) is 5.02 Å². The first-order chi connectivity index (χ1) is 15.6. The molecule has 0 amide bonds. The number of likely N-dealkylation sites (tertiary alicyclic amines) is 1. The Hall–Kier alpha value is -2.95. The summed E-state index contributed by atoms with van der Waals surface area (Å²) < 4.78 is 1.83. The van der Waals surface area contributed by atoms with Gasteiger partial charge in [0.1, 0.15) is 5.65 Å². The van der Waals surface area contributed by atoms with Crippen LogP contribution in [0.15, 0.2) is 41.3 Å². The number of benzene rings is 1. The first-order valence-electron chi connectivity index (χ1n) is 11.2. The summed E-state index contributed by atoms with van der Waals surface area (Å²) in [5.41, 5.74) is 1.97. The standard InChI is InChI=1S/C24H23ClN6O/c25-20-5-2-1-4-16(20)17-10-14-11-27-24(29-22(14)31(23(17)32)15-6-7-15)28-21-18-12-30(9-3-8-26)13-19(18)21/h1-2,4-5,10-11,15,18-19,21H,3,6-7,9,12-13H2,(H,27,28,29). The van der Waals surface area contributed by atoms with Crippen molar-refractivity contribution in [1.29, 1.82) is 5.26 Å². The average molecular weight is 447 g/mol. The quantitative estimate of drug-likeness (QED) is 0.621. The largest absolute Gasteiger partial charge is 0.351 e. The molecule has 3 aliphatic rings. The molecule has 2 atom stereocenters. The molecule has 0 bridgehead atoms. The molecule has 1 N–H and O–H groups in total. The van der Waals surface area contributed by atoms with Gasteiger partial charge in [-0.05, 0) is 36.8 Å². The minimum atomic E-state index is -0.0471. The normalized spacial score (nSPS) is 24.3. The lowest BCUT2D eigenvalue weighted by atomic mass is 10.1. The van der Waals surface area contributed by atoms with E-state index in [1.54, 1.807) is 12.3 Å². The maximum atomic E-state index is 13.4. The van der Waals surface area contributed by atoms with Gasteiger partial charge in [0, 0.05) is 65.9 Å². The molecule has 7 nitrogen and oxygen atoms in total. The van der Waals surface area contributed by atoms with Gasteiger partial charge in [0.15, 0.2) is 0 Å². The summed E-state index contributed by atoms with van der Waals surface area (Å²) in [6, 6.07) is 12.1. The smallest absolute Gasteiger partial charge is 0.260 e. The first-order valence-corrected chi connectivity index (χ1v) is 11.5. The molecule has 32 heavy (non-hydrogen) atoms. The Morgan fingerprint density at radius 2 is 1.97 bits per heavy atom. The van der Waals surface area contributed by atoms with Crippen molar-refractivity contribution >= 4 is 28.6 Å². The molecule has 162 valence electrons. The van der Waals surface area contributed by atoms with Crippen LogP contribution in [0.25, 0.3) is 22.2 Å². The lowest BCUT2D eigenvalue weighted by molar-refractivity contribution is 0.307. The van der Waals surface area contributed by atoms with E-state index in [0.717, 1.165) is 43.4 Å². The van der Waals surface area contributed by atoms with Crippen molar-refractivity contribution in [3.8, 4) is 17.2 Å². The van der Waals surface area contributed by atoms with E-state index in [9.17, 15) is 4.79 Å². The van der Waals surface area contributed by atoms with Crippen LogP contribution in [0.5, 0.6) is 0 Å². The molecule has 2 aromatic heterocycles. The van der Waals surface area contributed by atoms with Crippen LogP contribution in [0.3, 0.4) is 0 Å². The van der Waals surface area contributed by atoms with Gasteiger partial charge in [-0.25, -0.2) is 4.98 Å². The predicted molar refractivity (Wildman–Crippen MR) is 124 cm³/mol. The highest BCUT2D eigenvalue weighted by Gasteiger charge is 2.55. The van der Waals surface area contributed by atoms with Gasteiger partial charge in [-0.3, -0.25) is 9.36 Å². The molecule has 8 heteroatoms. The number of nitriles is 1. The number of aromatic nitrogens is 3. The fourth-order valence-electron chi connectivity index (χ4n) is 5.10. The maximum absolute atomic E-state index is 13.4. The number of pyridine rings is 1. The molecule has 3 aromatic rings. The van der Waals surface area contributed by atoms with Crippen LogP contribution in [0, 0.1) is 23.2 Å². The van der Waals surface area contributed by atoms with Gasteiger partial charge < -0.3 is 10.2 Å². The molecule has 0 spiro atoms. The lowest BCUT2D eigenvalue weighted by Gasteiger charge is -2.18. The summed E-state index contributed by atoms with van der Waals surface area (Å²) in [7, 11) is 0. The number of anilines is 1. The molecule has 6 rings (SSSR count). The molecular formula is C24H23ClN6O. The van der Waals surface area contributed by atoms with Crippen molar-refractivity contribution in [3.05, 3.63) is 51.9 Å². The van der Waals surface area contributed by atoms with Crippen molar-refractivity contribution in [3.63, 3.8) is 0 Å². The number of piperidine rings is 1. The minimum Gasteiger partial charge on any atom is -0.351 e. The molecule has 2 saturated carbocycles. The van der Waals surface area contributed by atoms with E-state index in [0.29, 0.717) is 46.5 Å². The monoisotopic (exact) mass is 446 g/mol. The van der Waals surface area contributed by atoms with Gasteiger partial charge in [-0.2, -0.15) is 10.2 Å². The number of rotatable bonds is 6. The van der Waals surface area contributed by atoms with Crippen molar-refractivity contribution in [2.24, 2.45) is 11.8 Å². The third-order valence-electron chi connectivity index (χ3n) is 6.95. The summed E-state index contributed by atoms with van der Waals surface area (Å²) >= 11 is 6.40. The van der Waals surface area contributed by atoms with Crippen LogP contribution in [0.4, 0.5) is 5.95 Å². The number of hydrogen-bond donors (Lipinski definition) is 1. The molecule has 1 saturated heterocycles. The zero-order valence-electron chi connectivity index (χ0n) is 17.5. The summed E-state index contributed by atoms with van der Waals surface area (Å²) in [5, 5.41) is 13.7. The van der Waals surface area contributed by atoms with Gasteiger partial charge in [0.2, 0.25) is 5.95 Å². The summed E-state index contributed by atoms with van der Waals surface area (Å²) in [5.74, 6) is 1.75. The van der Waals surface area contributed by atoms with Crippen LogP contribution >= 0.6 is 11.6 Å². The van der Waals surface area contributed by atoms with Gasteiger partial charge in [-0.15, -0.1) is 0 Å². The SMILES string of the molecule is N#CCCN1CC2C(C1)C2Nc1ncc2cc(-c3ccccc3Cl)c(=O)n(C3CC3)c2n1. The summed E-state index contributed by atoms with van der Waals surface area (Å²) in [6.45, 7) is 2.89. The van der Waals surface area contributed by atoms with Crippen LogP contribution in [-0.2, 0) is 0 Å². The molecule has 2 unspecified atom stereocenters. The Morgan fingerprint density at radius 3 is 2.69 bits per heavy atom. The number of nitrogens with zero attached hydrogens (tertiary/aromatic N) is 5. The van der Waals surface area contributed by atoms with Gasteiger partial charge >= 0.3 is 0 Å². The number of fused-ring (bicyclic) bond motifs is 2. The second kappa shape index (κ2) is 7.58. The number of halogens is 1. The van der Waals surface area contributed by atoms with E-state index in [1.165, 1.54) is 0 Å². The van der Waals surface area contributed by atoms with Crippen molar-refractivity contribution in [1.82, 2.24) is 19.4 Å². The van der Waals surface area contributed by atoms with Crippen LogP contribution in [-0.4, -0.2) is 45.1 Å². The fraction of sp³-hybridized carbons (Fsp3) is 0.417. The fourth-order valence-corrected chi connectivity index (χ4v) is 5.34. The third-order valence-corrected chi connectivity index (χ3v) is 7.28. The second-order valence-electron chi connectivity index (χ2n) is 9.08. The zero-order valence-corrected chi connectivity index (χ0v) is 18.3. The minimum absolute atomic E-state index is 0.0471. The topological polar surface area (TPSA) is 86.8 Å². The molecule has 0 radical (unpaired) electrons. The number of hydrogen-bond acceptors (Lipinski definition) is 6. The van der Waals surface area contributed by atoms with E-state index < -0.39 is 0 Å². The first kappa shape index (κ1) is 19.7. The predicted octanol–water partition coefficient (Wildman–Crippen LogP) is 3.70. The zero-order chi connectivity index (χ0) is 21.8. The Morgan fingerprint density at radius 1 is 1.19 bits per heavy atom. The Balaban J connectivity index is 1.30. The second-order valence-corrected chi connectivity index (χ2v) is 9.49. The molecule has 1 aromatic carbocycles. The van der Waals surface area contributed by atoms with E-state index in [-0.39, 0.29) is 11.6 Å². The van der Waals surface area contributed by atoms with Crippen molar-refractivity contribution in [2.45, 2.75) is 31.3 Å². The van der Waals surface area contributed by atoms with Gasteiger partial charge in [0.25, 0.3) is 5.56 Å². The Labute approximate surface area is 190 Å². The highest BCUT2D eigenvalue weighted by molar-refractivity contribution is 6.33. The van der Waals surface area contributed by atoms with Crippen molar-refractivity contribution in [2.75, 3.05) is 25.0 Å². The van der Waals surface area contributed by atoms with E-state index in [4.69, 9.17) is 21.8 Å².